The van der Waals surface area contributed by atoms with E-state index in [2.05, 4.69) is 48.4 Å². The summed E-state index contributed by atoms with van der Waals surface area (Å²) < 4.78 is 42.4. The van der Waals surface area contributed by atoms with E-state index in [9.17, 15) is 29.4 Å². The molecule has 0 radical (unpaired) electrons. The highest BCUT2D eigenvalue weighted by Gasteiger charge is 2.51. The van der Waals surface area contributed by atoms with E-state index in [-0.39, 0.29) is 93.5 Å². The normalized spacial score (nSPS) is 26.8. The number of piperazine rings is 1. The molecule has 0 spiro atoms. The number of phenolic OH excluding ortho intramolecular Hbond substituents is 1. The van der Waals surface area contributed by atoms with Gasteiger partial charge >= 0.3 is 17.8 Å². The summed E-state index contributed by atoms with van der Waals surface area (Å²) in [6.07, 6.45) is 16.2. The number of aromatic hydroxyl groups is 1. The molecule has 79 heavy (non-hydrogen) atoms. The van der Waals surface area contributed by atoms with Gasteiger partial charge in [0.25, 0.3) is 0 Å². The summed E-state index contributed by atoms with van der Waals surface area (Å²) in [5, 5.41) is 28.2. The minimum absolute atomic E-state index is 0.000466. The number of terminal acetylenes is 1. The van der Waals surface area contributed by atoms with Crippen molar-refractivity contribution in [1.82, 2.24) is 49.4 Å². The molecule has 412 valence electrons. The van der Waals surface area contributed by atoms with Crippen molar-refractivity contribution >= 4 is 56.4 Å². The summed E-state index contributed by atoms with van der Waals surface area (Å²) in [5.74, 6) is 1.37. The number of hydrogen-bond acceptors (Lipinski definition) is 13. The highest BCUT2D eigenvalue weighted by molar-refractivity contribution is 6.03. The Morgan fingerprint density at radius 1 is 0.911 bits per heavy atom. The molecule has 18 nitrogen and oxygen atoms in total. The van der Waals surface area contributed by atoms with Crippen LogP contribution in [0.2, 0.25) is 0 Å². The monoisotopic (exact) mass is 1080 g/mol. The highest BCUT2D eigenvalue weighted by Crippen LogP contribution is 2.47. The molecule has 7 fully saturated rings. The van der Waals surface area contributed by atoms with Crippen molar-refractivity contribution in [2.24, 2.45) is 18.9 Å². The fourth-order valence-electron chi connectivity index (χ4n) is 15.1. The molecule has 20 heteroatoms. The number of carbonyl (C=O) groups is 3. The third-order valence-corrected chi connectivity index (χ3v) is 19.0. The Balaban J connectivity index is 0.721. The SMILES string of the molecule is C#Cc1c(F)ccc2cc(O)cc(-c3ncc4c(N5CC6CCC(C5)N6)nc(OC[C@@]56CCCN5[C@H](CC5CN(C(=O)O)CCC5CN5CCC(c7ccc8c(c7)n(C)c(=O)n8C7CCC(=O)NC7=O)CC5)CC6)nc4c3F)c12. The van der Waals surface area contributed by atoms with Crippen LogP contribution in [0.3, 0.4) is 0 Å². The molecule has 3 aromatic carbocycles. The molecular weight excluding hydrogens is 1010 g/mol. The van der Waals surface area contributed by atoms with Crippen molar-refractivity contribution in [3.8, 4) is 35.4 Å². The molecule has 6 aromatic rings. The Bertz CT molecular complexity index is 3560. The number of amides is 3. The van der Waals surface area contributed by atoms with Crippen molar-refractivity contribution in [2.75, 3.05) is 63.9 Å². The van der Waals surface area contributed by atoms with Crippen LogP contribution in [0.15, 0.2) is 53.5 Å². The van der Waals surface area contributed by atoms with E-state index in [0.717, 1.165) is 101 Å². The van der Waals surface area contributed by atoms with Gasteiger partial charge in [0.2, 0.25) is 11.8 Å². The van der Waals surface area contributed by atoms with Crippen molar-refractivity contribution in [3.05, 3.63) is 81.9 Å². The lowest BCUT2D eigenvalue weighted by Crippen LogP contribution is -2.51. The lowest BCUT2D eigenvalue weighted by Gasteiger charge is -2.43. The van der Waals surface area contributed by atoms with E-state index >= 15 is 8.78 Å². The summed E-state index contributed by atoms with van der Waals surface area (Å²) >= 11 is 0. The number of carbonyl (C=O) groups excluding carboxylic acids is 2. The average Bonchev–Trinajstić information content (AvgIpc) is 4.30. The van der Waals surface area contributed by atoms with Crippen molar-refractivity contribution in [2.45, 2.75) is 113 Å². The molecule has 3 amide bonds. The first-order valence-corrected chi connectivity index (χ1v) is 28.2. The Morgan fingerprint density at radius 3 is 2.49 bits per heavy atom. The Labute approximate surface area is 455 Å². The number of likely N-dealkylation sites (tertiary alicyclic amines) is 2. The van der Waals surface area contributed by atoms with Crippen molar-refractivity contribution in [1.29, 1.82) is 0 Å². The zero-order valence-corrected chi connectivity index (χ0v) is 44.3. The maximum Gasteiger partial charge on any atom is 0.407 e. The number of imidazole rings is 1. The zero-order valence-electron chi connectivity index (χ0n) is 44.3. The maximum absolute atomic E-state index is 17.4. The standard InChI is InChI=1S/C59H65F2N11O7/c1-3-42-45(60)9-5-35-24-41(73)26-43(50(35)42)52-51(61)53-44(27-62-52)54(70-30-38-7-8-39(31-70)63-38)66-56(65-53)79-32-59-17-4-19-71(59)40(13-18-59)23-37-29-69(58(77)78)22-16-36(37)28-68-20-14-33(15-21-68)34-6-10-46-48(25-34)67(2)57(76)72(46)47-11-12-49(74)64-55(47)75/h1,5-6,9-10,24-27,33,36-40,47,63,73H,4,7-8,11-23,28-32H2,2H3,(H,77,78)(H,64,74,75)/t36?,37?,38?,39?,40-,47?,59-/m0/s1. The third kappa shape index (κ3) is 9.11. The van der Waals surface area contributed by atoms with E-state index in [1.807, 2.05) is 6.07 Å². The molecule has 2 bridgehead atoms. The van der Waals surface area contributed by atoms with Crippen LogP contribution in [0, 0.1) is 35.8 Å². The molecule has 0 aliphatic carbocycles. The quantitative estimate of drug-likeness (QED) is 0.0794. The van der Waals surface area contributed by atoms with Crippen LogP contribution in [0.5, 0.6) is 11.8 Å². The first-order valence-electron chi connectivity index (χ1n) is 28.2. The van der Waals surface area contributed by atoms with Gasteiger partial charge in [-0.3, -0.25) is 33.9 Å². The van der Waals surface area contributed by atoms with Gasteiger partial charge in [0.15, 0.2) is 5.82 Å². The molecule has 13 rings (SSSR count). The summed E-state index contributed by atoms with van der Waals surface area (Å²) in [7, 11) is 1.73. The molecule has 7 aliphatic rings. The van der Waals surface area contributed by atoms with E-state index in [1.165, 1.54) is 28.8 Å². The second-order valence-electron chi connectivity index (χ2n) is 23.5. The maximum atomic E-state index is 17.4. The van der Waals surface area contributed by atoms with Crippen LogP contribution < -0.4 is 26.0 Å². The summed E-state index contributed by atoms with van der Waals surface area (Å²) in [4.78, 5) is 73.9. The van der Waals surface area contributed by atoms with E-state index in [0.29, 0.717) is 66.7 Å². The number of aromatic nitrogens is 5. The van der Waals surface area contributed by atoms with Gasteiger partial charge in [-0.2, -0.15) is 9.97 Å². The number of nitrogens with one attached hydrogen (secondary N) is 2. The van der Waals surface area contributed by atoms with Gasteiger partial charge in [0.1, 0.15) is 41.2 Å². The number of imide groups is 1. The lowest BCUT2D eigenvalue weighted by atomic mass is 9.80. The van der Waals surface area contributed by atoms with Crippen LogP contribution >= 0.6 is 0 Å². The van der Waals surface area contributed by atoms with Crippen molar-refractivity contribution < 1.29 is 38.1 Å². The van der Waals surface area contributed by atoms with E-state index in [4.69, 9.17) is 21.1 Å². The number of hydrogen-bond donors (Lipinski definition) is 4. The number of fused-ring (bicyclic) bond motifs is 6. The smallest absolute Gasteiger partial charge is 0.407 e. The fourth-order valence-corrected chi connectivity index (χ4v) is 15.1. The number of aryl methyl sites for hydroxylation is 1. The van der Waals surface area contributed by atoms with Crippen LogP contribution in [0.1, 0.15) is 100 Å². The number of pyridine rings is 1. The Kier molecular flexibility index (Phi) is 13.1. The number of halogens is 2. The number of anilines is 1. The topological polar surface area (TPSA) is 204 Å². The van der Waals surface area contributed by atoms with Gasteiger partial charge in [0.05, 0.1) is 27.5 Å². The average molecular weight is 1080 g/mol. The minimum atomic E-state index is -0.884. The second kappa shape index (κ2) is 20.2. The number of rotatable bonds is 11. The Hall–Kier alpha value is -7.21. The van der Waals surface area contributed by atoms with E-state index in [1.54, 1.807) is 22.7 Å². The predicted octanol–water partition coefficient (Wildman–Crippen LogP) is 6.64. The van der Waals surface area contributed by atoms with Crippen LogP contribution in [-0.4, -0.2) is 150 Å². The van der Waals surface area contributed by atoms with Gasteiger partial charge in [-0.25, -0.2) is 18.4 Å². The molecule has 5 unspecified atom stereocenters. The molecule has 0 saturated carbocycles. The summed E-state index contributed by atoms with van der Waals surface area (Å²) in [6.45, 7) is 6.20. The molecule has 7 atom stereocenters. The summed E-state index contributed by atoms with van der Waals surface area (Å²) in [6, 6.07) is 11.7. The van der Waals surface area contributed by atoms with Gasteiger partial charge in [-0.15, -0.1) is 6.42 Å². The van der Waals surface area contributed by atoms with Gasteiger partial charge < -0.3 is 35.0 Å². The molecular formula is C59H65F2N11O7. The number of phenols is 1. The number of piperidine rings is 3. The van der Waals surface area contributed by atoms with Gasteiger partial charge in [-0.1, -0.05) is 18.1 Å². The molecule has 7 saturated heterocycles. The fraction of sp³-hybridized carbons (Fsp3) is 0.508. The lowest BCUT2D eigenvalue weighted by molar-refractivity contribution is -0.135. The Morgan fingerprint density at radius 2 is 1.72 bits per heavy atom. The zero-order chi connectivity index (χ0) is 54.4. The van der Waals surface area contributed by atoms with Gasteiger partial charge in [-0.05, 0) is 149 Å². The van der Waals surface area contributed by atoms with Crippen molar-refractivity contribution in [3.63, 3.8) is 0 Å². The number of nitrogens with zero attached hydrogens (tertiary/aromatic N) is 9. The largest absolute Gasteiger partial charge is 0.508 e. The number of ether oxygens (including phenoxy) is 1. The second-order valence-corrected chi connectivity index (χ2v) is 23.5. The van der Waals surface area contributed by atoms with Gasteiger partial charge in [0, 0.05) is 81.5 Å². The number of benzene rings is 3. The molecule has 4 N–H and O–H groups in total. The van der Waals surface area contributed by atoms with Crippen LogP contribution in [-0.2, 0) is 16.6 Å². The predicted molar refractivity (Wildman–Crippen MR) is 292 cm³/mol. The van der Waals surface area contributed by atoms with Crippen LogP contribution in [0.25, 0.3) is 44.0 Å². The molecule has 10 heterocycles. The third-order valence-electron chi connectivity index (χ3n) is 19.0. The summed E-state index contributed by atoms with van der Waals surface area (Å²) in [5.41, 5.74) is 1.96. The van der Waals surface area contributed by atoms with E-state index < -0.39 is 29.7 Å². The highest BCUT2D eigenvalue weighted by atomic mass is 19.1. The first-order chi connectivity index (χ1) is 38.2. The van der Waals surface area contributed by atoms with Crippen LogP contribution in [0.4, 0.5) is 19.4 Å². The molecule has 3 aromatic heterocycles. The molecule has 7 aliphatic heterocycles. The number of carboxylic acid groups (broad SMARTS) is 1. The minimum Gasteiger partial charge on any atom is -0.508 e. The first kappa shape index (κ1) is 51.2.